The van der Waals surface area contributed by atoms with Gasteiger partial charge in [-0.15, -0.1) is 0 Å². The molecule has 0 N–H and O–H groups in total. The predicted molar refractivity (Wildman–Crippen MR) is 147 cm³/mol. The van der Waals surface area contributed by atoms with Crippen molar-refractivity contribution in [1.29, 1.82) is 5.26 Å². The zero-order valence-corrected chi connectivity index (χ0v) is 24.5. The van der Waals surface area contributed by atoms with Gasteiger partial charge in [0.1, 0.15) is 0 Å². The Morgan fingerprint density at radius 2 is 1.61 bits per heavy atom. The van der Waals surface area contributed by atoms with E-state index in [2.05, 4.69) is 46.8 Å². The number of benzene rings is 1. The number of fused-ring (bicyclic) bond motifs is 7. The Bertz CT molecular complexity index is 1300. The van der Waals surface area contributed by atoms with Crippen molar-refractivity contribution < 1.29 is 19.1 Å². The SMILES string of the molecule is CC(=O)Oc1cc2c(c(C)c1OC(C)=O)CC=C1[C@@]2(C)CC[C@@]2(C)[C@@H]3C[C@](C)(C#N)CC[C@]3(C)CC[C@]12C. The summed E-state index contributed by atoms with van der Waals surface area (Å²) in [5.41, 5.74) is 4.70. The molecule has 0 heterocycles. The number of carbonyl (C=O) groups excluding carboxylic acids is 2. The molecule has 4 aliphatic rings. The van der Waals surface area contributed by atoms with Crippen LogP contribution in [0.2, 0.25) is 0 Å². The fourth-order valence-electron chi connectivity index (χ4n) is 9.28. The van der Waals surface area contributed by atoms with Crippen LogP contribution in [0.1, 0.15) is 110 Å². The number of hydrogen-bond donors (Lipinski definition) is 0. The summed E-state index contributed by atoms with van der Waals surface area (Å²) in [5, 5.41) is 10.1. The standard InChI is InChI=1S/C33H43NO4/c1-20-23-9-10-26-31(6,24(23)17-25(37-21(2)35)28(20)38-22(3)36)14-16-33(8)27-18-29(4,19-34)11-12-30(27,5)13-15-32(26,33)7/h10,17,27H,9,11-16,18H2,1-8H3/t27-,29-,30-,31+,32-,33+/m1/s1. The largest absolute Gasteiger partial charge is 0.423 e. The molecule has 1 aromatic carbocycles. The second-order valence-electron chi connectivity index (χ2n) is 14.0. The van der Waals surface area contributed by atoms with Crippen molar-refractivity contribution in [3.05, 3.63) is 34.4 Å². The van der Waals surface area contributed by atoms with E-state index >= 15 is 0 Å². The molecule has 38 heavy (non-hydrogen) atoms. The molecule has 3 fully saturated rings. The van der Waals surface area contributed by atoms with E-state index in [4.69, 9.17) is 9.47 Å². The lowest BCUT2D eigenvalue weighted by Gasteiger charge is -2.69. The van der Waals surface area contributed by atoms with Gasteiger partial charge in [-0.05, 0) is 110 Å². The molecule has 0 amide bonds. The Hall–Kier alpha value is -2.61. The van der Waals surface area contributed by atoms with E-state index in [1.807, 2.05) is 13.0 Å². The van der Waals surface area contributed by atoms with Gasteiger partial charge in [0.15, 0.2) is 11.5 Å². The van der Waals surface area contributed by atoms with Gasteiger partial charge < -0.3 is 9.47 Å². The molecule has 5 rings (SSSR count). The number of hydrogen-bond acceptors (Lipinski definition) is 5. The van der Waals surface area contributed by atoms with E-state index in [1.165, 1.54) is 37.0 Å². The van der Waals surface area contributed by atoms with E-state index in [0.29, 0.717) is 17.4 Å². The highest BCUT2D eigenvalue weighted by molar-refractivity contribution is 5.76. The summed E-state index contributed by atoms with van der Waals surface area (Å²) >= 11 is 0. The van der Waals surface area contributed by atoms with Crippen molar-refractivity contribution >= 4 is 11.9 Å². The van der Waals surface area contributed by atoms with Gasteiger partial charge in [-0.2, -0.15) is 5.26 Å². The maximum absolute atomic E-state index is 12.0. The van der Waals surface area contributed by atoms with Crippen LogP contribution in [0.5, 0.6) is 11.5 Å². The second-order valence-corrected chi connectivity index (χ2v) is 14.0. The van der Waals surface area contributed by atoms with Crippen molar-refractivity contribution in [2.24, 2.45) is 27.6 Å². The van der Waals surface area contributed by atoms with Gasteiger partial charge in [-0.3, -0.25) is 9.59 Å². The highest BCUT2D eigenvalue weighted by Gasteiger charge is 2.66. The second kappa shape index (κ2) is 8.44. The number of esters is 2. The fraction of sp³-hybridized carbons (Fsp3) is 0.667. The summed E-state index contributed by atoms with van der Waals surface area (Å²) in [4.78, 5) is 23.9. The van der Waals surface area contributed by atoms with Gasteiger partial charge in [0.05, 0.1) is 11.5 Å². The van der Waals surface area contributed by atoms with Crippen LogP contribution in [0.25, 0.3) is 0 Å². The lowest BCUT2D eigenvalue weighted by atomic mass is 9.34. The quantitative estimate of drug-likeness (QED) is 0.230. The van der Waals surface area contributed by atoms with Crippen LogP contribution in [0.15, 0.2) is 17.7 Å². The molecule has 0 unspecified atom stereocenters. The van der Waals surface area contributed by atoms with Crippen LogP contribution in [-0.2, 0) is 21.4 Å². The first kappa shape index (κ1) is 27.0. The molecule has 0 aromatic heterocycles. The van der Waals surface area contributed by atoms with Crippen LogP contribution in [-0.4, -0.2) is 11.9 Å². The molecule has 5 nitrogen and oxygen atoms in total. The maximum atomic E-state index is 12.0. The molecular weight excluding hydrogens is 474 g/mol. The first-order valence-corrected chi connectivity index (χ1v) is 14.3. The minimum absolute atomic E-state index is 0.0135. The van der Waals surface area contributed by atoms with Crippen LogP contribution in [0.4, 0.5) is 0 Å². The molecule has 5 heteroatoms. The van der Waals surface area contributed by atoms with Crippen LogP contribution >= 0.6 is 0 Å². The Kier molecular flexibility index (Phi) is 5.99. The van der Waals surface area contributed by atoms with Gasteiger partial charge in [-0.1, -0.05) is 39.3 Å². The van der Waals surface area contributed by atoms with Crippen molar-refractivity contribution in [3.8, 4) is 17.6 Å². The van der Waals surface area contributed by atoms with Crippen LogP contribution < -0.4 is 9.47 Å². The predicted octanol–water partition coefficient (Wildman–Crippen LogP) is 7.52. The molecule has 0 saturated heterocycles. The molecule has 204 valence electrons. The lowest BCUT2D eigenvalue weighted by molar-refractivity contribution is -0.152. The third-order valence-corrected chi connectivity index (χ3v) is 11.8. The minimum Gasteiger partial charge on any atom is -0.423 e. The third kappa shape index (κ3) is 3.62. The van der Waals surface area contributed by atoms with Crippen molar-refractivity contribution in [3.63, 3.8) is 0 Å². The summed E-state index contributed by atoms with van der Waals surface area (Å²) < 4.78 is 11.2. The first-order chi connectivity index (χ1) is 17.6. The monoisotopic (exact) mass is 517 g/mol. The van der Waals surface area contributed by atoms with E-state index in [0.717, 1.165) is 50.5 Å². The Morgan fingerprint density at radius 3 is 2.24 bits per heavy atom. The van der Waals surface area contributed by atoms with Crippen molar-refractivity contribution in [2.75, 3.05) is 0 Å². The van der Waals surface area contributed by atoms with Crippen LogP contribution in [0.3, 0.4) is 0 Å². The number of nitrogens with zero attached hydrogens (tertiary/aromatic N) is 1. The average Bonchev–Trinajstić information content (AvgIpc) is 2.84. The average molecular weight is 518 g/mol. The molecular formula is C33H43NO4. The number of ether oxygens (including phenoxy) is 2. The highest BCUT2D eigenvalue weighted by Crippen LogP contribution is 2.74. The Morgan fingerprint density at radius 1 is 0.947 bits per heavy atom. The molecule has 1 aromatic rings. The molecule has 0 spiro atoms. The van der Waals surface area contributed by atoms with Gasteiger partial charge in [0.25, 0.3) is 0 Å². The zero-order chi connectivity index (χ0) is 27.9. The zero-order valence-electron chi connectivity index (χ0n) is 24.5. The molecule has 0 bridgehead atoms. The molecule has 3 saturated carbocycles. The number of allylic oxidation sites excluding steroid dienone is 2. The van der Waals surface area contributed by atoms with Gasteiger partial charge in [0, 0.05) is 19.3 Å². The van der Waals surface area contributed by atoms with Crippen LogP contribution in [0, 0.1) is 45.8 Å². The normalized spacial score (nSPS) is 39.3. The summed E-state index contributed by atoms with van der Waals surface area (Å²) in [7, 11) is 0. The number of rotatable bonds is 2. The molecule has 6 atom stereocenters. The molecule has 0 radical (unpaired) electrons. The van der Waals surface area contributed by atoms with Gasteiger partial charge in [-0.25, -0.2) is 0 Å². The third-order valence-electron chi connectivity index (χ3n) is 11.8. The smallest absolute Gasteiger partial charge is 0.308 e. The Balaban J connectivity index is 1.63. The maximum Gasteiger partial charge on any atom is 0.308 e. The number of carbonyl (C=O) groups is 2. The van der Waals surface area contributed by atoms with Crippen molar-refractivity contribution in [2.45, 2.75) is 112 Å². The lowest BCUT2D eigenvalue weighted by Crippen LogP contribution is -2.62. The highest BCUT2D eigenvalue weighted by atomic mass is 16.6. The molecule has 0 aliphatic heterocycles. The Labute approximate surface area is 228 Å². The van der Waals surface area contributed by atoms with Gasteiger partial charge >= 0.3 is 11.9 Å². The van der Waals surface area contributed by atoms with Gasteiger partial charge in [0.2, 0.25) is 0 Å². The molecule has 4 aliphatic carbocycles. The summed E-state index contributed by atoms with van der Waals surface area (Å²) in [6, 6.07) is 4.66. The number of nitriles is 1. The van der Waals surface area contributed by atoms with E-state index in [-0.39, 0.29) is 27.1 Å². The van der Waals surface area contributed by atoms with Crippen molar-refractivity contribution in [1.82, 2.24) is 0 Å². The fourth-order valence-corrected chi connectivity index (χ4v) is 9.28. The summed E-state index contributed by atoms with van der Waals surface area (Å²) in [5.74, 6) is 0.330. The first-order valence-electron chi connectivity index (χ1n) is 14.3. The van der Waals surface area contributed by atoms with E-state index < -0.39 is 11.9 Å². The topological polar surface area (TPSA) is 76.4 Å². The van der Waals surface area contributed by atoms with E-state index in [9.17, 15) is 14.9 Å². The minimum atomic E-state index is -0.429. The summed E-state index contributed by atoms with van der Waals surface area (Å²) in [6.45, 7) is 16.8. The van der Waals surface area contributed by atoms with E-state index in [1.54, 1.807) is 0 Å². The summed E-state index contributed by atoms with van der Waals surface area (Å²) in [6.07, 6.45) is 10.8.